The fourth-order valence-electron chi connectivity index (χ4n) is 3.19. The molecule has 0 aromatic heterocycles. The molecule has 0 spiro atoms. The van der Waals surface area contributed by atoms with Gasteiger partial charge < -0.3 is 15.1 Å². The summed E-state index contributed by atoms with van der Waals surface area (Å²) in [4.78, 5) is 28.2. The van der Waals surface area contributed by atoms with Gasteiger partial charge in [-0.05, 0) is 52.8 Å². The van der Waals surface area contributed by atoms with Crippen molar-refractivity contribution in [1.82, 2.24) is 15.1 Å². The van der Waals surface area contributed by atoms with Gasteiger partial charge in [-0.25, -0.2) is 0 Å². The number of likely N-dealkylation sites (N-methyl/N-ethyl adjacent to an activating group) is 1. The molecule has 1 heterocycles. The molecule has 2 aliphatic rings. The lowest BCUT2D eigenvalue weighted by Gasteiger charge is -2.41. The minimum Gasteiger partial charge on any atom is -0.344 e. The van der Waals surface area contributed by atoms with Crippen LogP contribution in [0.5, 0.6) is 0 Å². The Morgan fingerprint density at radius 3 is 2.64 bits per heavy atom. The molecule has 1 fully saturated rings. The Labute approximate surface area is 150 Å². The third kappa shape index (κ3) is 4.94. The van der Waals surface area contributed by atoms with Crippen LogP contribution < -0.4 is 5.32 Å². The largest absolute Gasteiger partial charge is 0.344 e. The van der Waals surface area contributed by atoms with Crippen LogP contribution in [-0.4, -0.2) is 53.7 Å². The highest BCUT2D eigenvalue weighted by Crippen LogP contribution is 2.36. The van der Waals surface area contributed by atoms with Crippen LogP contribution in [0, 0.1) is 6.42 Å². The summed E-state index contributed by atoms with van der Waals surface area (Å²) in [5.74, 6) is -0.0934. The number of Topliss-reactive ketones (excluding diaryl/α,β-unsaturated/α-hetero) is 1. The van der Waals surface area contributed by atoms with Gasteiger partial charge in [-0.3, -0.25) is 9.59 Å². The van der Waals surface area contributed by atoms with Crippen LogP contribution in [0.15, 0.2) is 41.4 Å². The standard InChI is InChI=1S/C20H28N3O2/c1-6-16(3)23(12-15(2)17(4)24)13-19(25)21-20(18-8-9-18)10-7-11-22(5)14-20/h8-9,12H,1,7,10-11,13-14H2,2-5H3,(H,21,25)/b15-12-/t20-/m1/s1. The topological polar surface area (TPSA) is 52.7 Å². The van der Waals surface area contributed by atoms with E-state index in [2.05, 4.69) is 42.1 Å². The summed E-state index contributed by atoms with van der Waals surface area (Å²) in [6, 6.07) is 0. The fourth-order valence-corrected chi connectivity index (χ4v) is 3.19. The third-order valence-corrected chi connectivity index (χ3v) is 4.85. The average molecular weight is 342 g/mol. The molecular formula is C20H28N3O2. The van der Waals surface area contributed by atoms with Crippen molar-refractivity contribution < 1.29 is 9.59 Å². The lowest BCUT2D eigenvalue weighted by Crippen LogP contribution is -2.59. The number of carbonyl (C=O) groups excluding carboxylic acids is 2. The summed E-state index contributed by atoms with van der Waals surface area (Å²) in [7, 11) is 2.08. The Kier molecular flexibility index (Phi) is 6.04. The second-order valence-electron chi connectivity index (χ2n) is 7.02. The van der Waals surface area contributed by atoms with E-state index in [1.165, 1.54) is 12.5 Å². The SMILES string of the molecule is C=C=C(C)N(/C=C(/C)C(C)=O)CC(=O)N[C@]1(C2=C[CH]2)CCCN(C)C1. The highest BCUT2D eigenvalue weighted by molar-refractivity contribution is 5.92. The molecule has 1 radical (unpaired) electrons. The van der Waals surface area contributed by atoms with Gasteiger partial charge in [-0.15, -0.1) is 5.73 Å². The van der Waals surface area contributed by atoms with Gasteiger partial charge >= 0.3 is 0 Å². The zero-order valence-corrected chi connectivity index (χ0v) is 15.7. The van der Waals surface area contributed by atoms with Crippen molar-refractivity contribution >= 4 is 11.7 Å². The van der Waals surface area contributed by atoms with E-state index >= 15 is 0 Å². The number of rotatable bonds is 7. The first-order chi connectivity index (χ1) is 11.8. The normalized spacial score (nSPS) is 23.4. The second kappa shape index (κ2) is 7.85. The zero-order valence-electron chi connectivity index (χ0n) is 15.7. The number of nitrogens with zero attached hydrogens (tertiary/aromatic N) is 2. The molecule has 1 aliphatic heterocycles. The molecule has 1 amide bonds. The molecule has 0 aromatic rings. The smallest absolute Gasteiger partial charge is 0.240 e. The molecule has 0 bridgehead atoms. The third-order valence-electron chi connectivity index (χ3n) is 4.85. The van der Waals surface area contributed by atoms with Crippen molar-refractivity contribution in [2.24, 2.45) is 0 Å². The van der Waals surface area contributed by atoms with Crippen molar-refractivity contribution in [3.63, 3.8) is 0 Å². The first-order valence-electron chi connectivity index (χ1n) is 8.65. The molecule has 5 nitrogen and oxygen atoms in total. The molecule has 2 rings (SSSR count). The van der Waals surface area contributed by atoms with Crippen LogP contribution in [0.1, 0.15) is 33.6 Å². The molecular weight excluding hydrogens is 314 g/mol. The predicted octanol–water partition coefficient (Wildman–Crippen LogP) is 2.19. The van der Waals surface area contributed by atoms with Gasteiger partial charge in [0.15, 0.2) is 5.78 Å². The van der Waals surface area contributed by atoms with Gasteiger partial charge in [0.2, 0.25) is 5.91 Å². The van der Waals surface area contributed by atoms with Gasteiger partial charge in [0.1, 0.15) is 6.54 Å². The summed E-state index contributed by atoms with van der Waals surface area (Å²) >= 11 is 0. The highest BCUT2D eigenvalue weighted by atomic mass is 16.2. The van der Waals surface area contributed by atoms with Crippen LogP contribution in [-0.2, 0) is 9.59 Å². The van der Waals surface area contributed by atoms with E-state index in [1.54, 1.807) is 18.0 Å². The molecule has 25 heavy (non-hydrogen) atoms. The average Bonchev–Trinajstić information content (AvgIpc) is 3.38. The van der Waals surface area contributed by atoms with E-state index < -0.39 is 0 Å². The molecule has 0 aromatic carbocycles. The molecule has 5 heteroatoms. The van der Waals surface area contributed by atoms with Crippen molar-refractivity contribution in [2.45, 2.75) is 39.2 Å². The van der Waals surface area contributed by atoms with Crippen LogP contribution in [0.3, 0.4) is 0 Å². The van der Waals surface area contributed by atoms with Crippen molar-refractivity contribution in [2.75, 3.05) is 26.7 Å². The predicted molar refractivity (Wildman–Crippen MR) is 99.5 cm³/mol. The monoisotopic (exact) mass is 342 g/mol. The van der Waals surface area contributed by atoms with E-state index in [9.17, 15) is 9.59 Å². The molecule has 135 valence electrons. The summed E-state index contributed by atoms with van der Waals surface area (Å²) < 4.78 is 0. The van der Waals surface area contributed by atoms with Crippen LogP contribution in [0.4, 0.5) is 0 Å². The van der Waals surface area contributed by atoms with E-state index in [1.807, 2.05) is 6.92 Å². The molecule has 1 atom stereocenters. The second-order valence-corrected chi connectivity index (χ2v) is 7.02. The molecule has 1 N–H and O–H groups in total. The molecule has 0 unspecified atom stereocenters. The Bertz CT molecular complexity index is 670. The number of ketones is 1. The van der Waals surface area contributed by atoms with Crippen LogP contribution in [0.2, 0.25) is 0 Å². The Hall–Kier alpha value is -2.10. The van der Waals surface area contributed by atoms with Gasteiger partial charge in [0.05, 0.1) is 11.2 Å². The van der Waals surface area contributed by atoms with E-state index in [0.717, 1.165) is 25.9 Å². The maximum atomic E-state index is 12.7. The number of hydrogen-bond acceptors (Lipinski definition) is 4. The van der Waals surface area contributed by atoms with Gasteiger partial charge in [-0.2, -0.15) is 0 Å². The van der Waals surface area contributed by atoms with E-state index in [-0.39, 0.29) is 23.8 Å². The quantitative estimate of drug-likeness (QED) is 0.569. The molecule has 1 saturated heterocycles. The summed E-state index contributed by atoms with van der Waals surface area (Å²) in [6.45, 7) is 10.7. The Morgan fingerprint density at radius 2 is 2.12 bits per heavy atom. The summed E-state index contributed by atoms with van der Waals surface area (Å²) in [5.41, 5.74) is 5.02. The summed E-state index contributed by atoms with van der Waals surface area (Å²) in [5, 5.41) is 3.24. The van der Waals surface area contributed by atoms with Crippen LogP contribution in [0.25, 0.3) is 0 Å². The first-order valence-corrected chi connectivity index (χ1v) is 8.65. The zero-order chi connectivity index (χ0) is 18.6. The Balaban J connectivity index is 2.12. The highest BCUT2D eigenvalue weighted by Gasteiger charge is 2.42. The Morgan fingerprint density at radius 1 is 1.44 bits per heavy atom. The minimum atomic E-state index is -0.291. The number of amides is 1. The van der Waals surface area contributed by atoms with Gasteiger partial charge in [-0.1, -0.05) is 12.7 Å². The fraction of sp³-hybridized carbons (Fsp3) is 0.500. The van der Waals surface area contributed by atoms with Crippen molar-refractivity contribution in [3.05, 3.63) is 47.9 Å². The van der Waals surface area contributed by atoms with E-state index in [0.29, 0.717) is 11.3 Å². The number of piperidine rings is 1. The lowest BCUT2D eigenvalue weighted by molar-refractivity contribution is -0.123. The minimum absolute atomic E-state index is 0.0228. The molecule has 0 saturated carbocycles. The molecule has 1 aliphatic carbocycles. The maximum Gasteiger partial charge on any atom is 0.240 e. The van der Waals surface area contributed by atoms with Gasteiger partial charge in [0.25, 0.3) is 0 Å². The number of carbonyl (C=O) groups is 2. The summed E-state index contributed by atoms with van der Waals surface area (Å²) in [6.07, 6.45) is 7.85. The number of hydrogen-bond donors (Lipinski definition) is 1. The van der Waals surface area contributed by atoms with Crippen molar-refractivity contribution in [1.29, 1.82) is 0 Å². The number of likely N-dealkylation sites (tertiary alicyclic amines) is 1. The van der Waals surface area contributed by atoms with Crippen molar-refractivity contribution in [3.8, 4) is 0 Å². The number of nitrogens with one attached hydrogen (secondary N) is 1. The number of allylic oxidation sites excluding steroid dienone is 3. The lowest BCUT2D eigenvalue weighted by atomic mass is 9.86. The van der Waals surface area contributed by atoms with Crippen LogP contribution >= 0.6 is 0 Å². The van der Waals surface area contributed by atoms with E-state index in [4.69, 9.17) is 0 Å². The first kappa shape index (κ1) is 19.2. The maximum absolute atomic E-state index is 12.7. The van der Waals surface area contributed by atoms with Gasteiger partial charge in [0, 0.05) is 24.7 Å².